The summed E-state index contributed by atoms with van der Waals surface area (Å²) >= 11 is 5.25. The molecule has 0 aliphatic rings. The van der Waals surface area contributed by atoms with Gasteiger partial charge in [-0.05, 0) is 265 Å². The van der Waals surface area contributed by atoms with E-state index in [0.29, 0.717) is 0 Å². The van der Waals surface area contributed by atoms with Crippen molar-refractivity contribution in [3.8, 4) is 0 Å². The predicted molar refractivity (Wildman–Crippen MR) is 325 cm³/mol. The smallest absolute Gasteiger partial charge is 0.496 e. The van der Waals surface area contributed by atoms with E-state index in [1.165, 1.54) is 43.8 Å². The topological polar surface area (TPSA) is 0 Å². The van der Waals surface area contributed by atoms with Gasteiger partial charge in [0.15, 0.2) is 0 Å². The van der Waals surface area contributed by atoms with Gasteiger partial charge in [-0.1, -0.05) is 102 Å². The van der Waals surface area contributed by atoms with Gasteiger partial charge in [0.2, 0.25) is 0 Å². The zero-order valence-electron chi connectivity index (χ0n) is 46.7. The zero-order chi connectivity index (χ0) is 48.2. The van der Waals surface area contributed by atoms with Gasteiger partial charge in [0, 0.05) is 8.41 Å². The molecular weight excluding hydrogens is 898 g/mol. The summed E-state index contributed by atoms with van der Waals surface area (Å²) in [5.41, 5.74) is 7.58. The number of hydrogen-bond acceptors (Lipinski definition) is 1. The number of rotatable bonds is 10. The molecule has 0 N–H and O–H groups in total. The summed E-state index contributed by atoms with van der Waals surface area (Å²) in [6.07, 6.45) is 7.41. The molecule has 0 aromatic rings. The second kappa shape index (κ2) is 46.0. The normalized spacial score (nSPS) is 13.4. The molecule has 0 unspecified atom stereocenters. The summed E-state index contributed by atoms with van der Waals surface area (Å²) in [7, 11) is 0.822. The van der Waals surface area contributed by atoms with E-state index in [2.05, 4.69) is 229 Å². The van der Waals surface area contributed by atoms with E-state index < -0.39 is 6.04 Å². The first-order chi connectivity index (χ1) is 26.0. The minimum Gasteiger partial charge on any atom is -0.496 e. The Morgan fingerprint density at radius 1 is 0.426 bits per heavy atom. The molecular formula is C50H105BLiP8S. The molecule has 0 saturated heterocycles. The van der Waals surface area contributed by atoms with Crippen molar-refractivity contribution in [2.75, 3.05) is 107 Å². The monoisotopic (exact) mass is 1000 g/mol. The van der Waals surface area contributed by atoms with Crippen LogP contribution in [0.2, 0.25) is 0 Å². The van der Waals surface area contributed by atoms with Crippen LogP contribution in [0.4, 0.5) is 0 Å². The van der Waals surface area contributed by atoms with Crippen LogP contribution in [0.5, 0.6) is 0 Å². The van der Waals surface area contributed by atoms with E-state index in [1.807, 2.05) is 13.8 Å². The van der Waals surface area contributed by atoms with Crippen LogP contribution < -0.4 is 18.9 Å². The SMILES string of the molecule is C.CC(C(C)=C(C)P(C)C)=C(C)P(C)C.CC(C(C)=C(C)P(C)C)=C(C)P(C)C.CC(C)=C(C)P(C)C.CC=C(C)P(C)(C)=S.CC=C(C)P(C)C.C[C-]=C(C)P(C)C.[B].[Li+]. The first-order valence-corrected chi connectivity index (χ1v) is 39.7. The Kier molecular flexibility index (Phi) is 62.8. The van der Waals surface area contributed by atoms with Crippen LogP contribution in [-0.4, -0.2) is 115 Å². The average Bonchev–Trinajstić information content (AvgIpc) is 3.14. The zero-order valence-corrected chi connectivity index (χ0v) is 54.7. The maximum absolute atomic E-state index is 5.25. The van der Waals surface area contributed by atoms with E-state index in [4.69, 9.17) is 11.8 Å². The van der Waals surface area contributed by atoms with Gasteiger partial charge in [0.05, 0.1) is 0 Å². The molecule has 0 spiro atoms. The van der Waals surface area contributed by atoms with Crippen LogP contribution >= 0.6 is 61.5 Å². The maximum Gasteiger partial charge on any atom is 1.00 e. The summed E-state index contributed by atoms with van der Waals surface area (Å²) in [6, 6.07) is -1.06. The molecule has 0 heterocycles. The molecule has 3 radical (unpaired) electrons. The minimum absolute atomic E-state index is 0. The van der Waals surface area contributed by atoms with Gasteiger partial charge in [-0.3, -0.25) is 0 Å². The quantitative estimate of drug-likeness (QED) is 0.0910. The Balaban J connectivity index is -0.0000000772. The molecule has 0 nitrogen and oxygen atoms in total. The Bertz CT molecular complexity index is 1330. The summed E-state index contributed by atoms with van der Waals surface area (Å²) in [5.74, 6) is 0. The Morgan fingerprint density at radius 3 is 0.689 bits per heavy atom. The van der Waals surface area contributed by atoms with Crippen molar-refractivity contribution >= 4 is 81.7 Å². The fourth-order valence-corrected chi connectivity index (χ4v) is 9.82. The predicted octanol–water partition coefficient (Wildman–Crippen LogP) is 18.2. The molecule has 0 fully saturated rings. The third-order valence-corrected chi connectivity index (χ3v) is 25.3. The van der Waals surface area contributed by atoms with Gasteiger partial charge in [-0.2, -0.15) is 6.92 Å². The number of allylic oxidation sites excluding steroid dienone is 16. The largest absolute Gasteiger partial charge is 1.00 e. The van der Waals surface area contributed by atoms with Crippen molar-refractivity contribution < 1.29 is 18.9 Å². The van der Waals surface area contributed by atoms with Crippen molar-refractivity contribution in [1.29, 1.82) is 0 Å². The molecule has 0 aliphatic carbocycles. The molecule has 11 heteroatoms. The van der Waals surface area contributed by atoms with Crippen molar-refractivity contribution in [2.24, 2.45) is 0 Å². The Hall–Kier alpha value is 2.24. The average molecular weight is 1000 g/mol. The van der Waals surface area contributed by atoms with Crippen LogP contribution in [0.25, 0.3) is 0 Å². The molecule has 0 atom stereocenters. The van der Waals surface area contributed by atoms with Gasteiger partial charge in [0.1, 0.15) is 0 Å². The van der Waals surface area contributed by atoms with Crippen molar-refractivity contribution in [2.45, 2.75) is 125 Å². The number of hydrogen-bond donors (Lipinski definition) is 0. The van der Waals surface area contributed by atoms with E-state index in [1.54, 1.807) is 26.6 Å². The molecule has 0 rings (SSSR count). The fraction of sp³-hybridized carbons (Fsp3) is 0.680. The third kappa shape index (κ3) is 45.8. The minimum atomic E-state index is -1.06. The van der Waals surface area contributed by atoms with Crippen molar-refractivity contribution in [1.82, 2.24) is 0 Å². The van der Waals surface area contributed by atoms with Crippen LogP contribution in [0.3, 0.4) is 0 Å². The first-order valence-electron chi connectivity index (χ1n) is 20.4. The second-order valence-electron chi connectivity index (χ2n) is 16.7. The third-order valence-electron chi connectivity index (χ3n) is 10.8. The standard InChI is InChI=1S/2C12H24P2.C7H15P.C6H13PS.C6H13P.C6H12P.CH4.B.Li/c2*1-9(11(3)13(5)6)10(2)12(4)14(7)8;1-6(2)7(3)8(4)5;1-5-6(2)7(3,4)8;2*1-5-6(2)7(3)4;;;/h2*1-8H3;1-5H3;5H,1-4H3;5H,1-4H3;1-4H3;1H4;;/q;;;;;-1;;;+1. The van der Waals surface area contributed by atoms with Crippen LogP contribution in [-0.2, 0) is 11.8 Å². The molecule has 0 aromatic heterocycles. The van der Waals surface area contributed by atoms with Crippen LogP contribution in [0, 0.1) is 6.08 Å². The first kappa shape index (κ1) is 83.3. The van der Waals surface area contributed by atoms with E-state index in [9.17, 15) is 0 Å². The molecule has 0 aromatic carbocycles. The maximum atomic E-state index is 5.25. The summed E-state index contributed by atoms with van der Waals surface area (Å²) < 4.78 is 0. The molecule has 61 heavy (non-hydrogen) atoms. The molecule has 0 saturated carbocycles. The van der Waals surface area contributed by atoms with Crippen molar-refractivity contribution in [3.63, 3.8) is 0 Å². The van der Waals surface area contributed by atoms with E-state index >= 15 is 0 Å². The van der Waals surface area contributed by atoms with Gasteiger partial charge >= 0.3 is 18.9 Å². The molecule has 0 aliphatic heterocycles. The van der Waals surface area contributed by atoms with Crippen LogP contribution in [0.15, 0.2) is 82.5 Å². The fourth-order valence-electron chi connectivity index (χ4n) is 3.67. The summed E-state index contributed by atoms with van der Waals surface area (Å²) in [6.45, 7) is 73.9. The molecule has 0 bridgehead atoms. The van der Waals surface area contributed by atoms with Gasteiger partial charge < -0.3 is 6.08 Å². The van der Waals surface area contributed by atoms with Crippen molar-refractivity contribution in [3.05, 3.63) is 88.6 Å². The van der Waals surface area contributed by atoms with E-state index in [0.717, 1.165) is 0 Å². The molecule has 355 valence electrons. The van der Waals surface area contributed by atoms with Gasteiger partial charge in [-0.15, -0.1) is 7.92 Å². The van der Waals surface area contributed by atoms with Crippen LogP contribution in [0.1, 0.15) is 125 Å². The van der Waals surface area contributed by atoms with E-state index in [-0.39, 0.29) is 90.2 Å². The van der Waals surface area contributed by atoms with Gasteiger partial charge in [-0.25, -0.2) is 5.31 Å². The summed E-state index contributed by atoms with van der Waals surface area (Å²) in [4.78, 5) is 0. The van der Waals surface area contributed by atoms with Gasteiger partial charge in [0.25, 0.3) is 0 Å². The second-order valence-corrected chi connectivity index (χ2v) is 40.1. The Labute approximate surface area is 417 Å². The Morgan fingerprint density at radius 2 is 0.656 bits per heavy atom. The molecule has 0 amide bonds. The summed E-state index contributed by atoms with van der Waals surface area (Å²) in [5, 5.41) is 12.3.